The molecule has 0 saturated carbocycles. The Morgan fingerprint density at radius 2 is 2.10 bits per heavy atom. The highest BCUT2D eigenvalue weighted by Crippen LogP contribution is 2.34. The van der Waals surface area contributed by atoms with Crippen LogP contribution in [-0.2, 0) is 11.0 Å². The highest BCUT2D eigenvalue weighted by atomic mass is 79.9. The minimum Gasteiger partial charge on any atom is -0.330 e. The maximum absolute atomic E-state index is 12.6. The van der Waals surface area contributed by atoms with E-state index in [1.807, 2.05) is 6.92 Å². The Bertz CT molecular complexity index is 477. The number of carbonyl (C=O) groups excluding carboxylic acids is 1. The number of anilines is 1. The first kappa shape index (κ1) is 17.0. The zero-order chi connectivity index (χ0) is 15.3. The Balaban J connectivity index is 2.74. The van der Waals surface area contributed by atoms with Crippen LogP contribution in [0, 0.1) is 5.92 Å². The summed E-state index contributed by atoms with van der Waals surface area (Å²) in [7, 11) is 0. The summed E-state index contributed by atoms with van der Waals surface area (Å²) in [5.41, 5.74) is 4.75. The molecule has 0 bridgehead atoms. The second-order valence-corrected chi connectivity index (χ2v) is 5.47. The van der Waals surface area contributed by atoms with Crippen molar-refractivity contribution in [1.29, 1.82) is 0 Å². The van der Waals surface area contributed by atoms with Crippen molar-refractivity contribution in [2.75, 3.05) is 11.9 Å². The molecular formula is C13H16BrF3N2O. The summed E-state index contributed by atoms with van der Waals surface area (Å²) < 4.78 is 38.2. The van der Waals surface area contributed by atoms with Gasteiger partial charge in [0.05, 0.1) is 11.3 Å². The highest BCUT2D eigenvalue weighted by molar-refractivity contribution is 9.10. The van der Waals surface area contributed by atoms with Gasteiger partial charge in [0.25, 0.3) is 0 Å². The van der Waals surface area contributed by atoms with E-state index >= 15 is 0 Å². The standard InChI is InChI=1S/C13H16BrF3N2O/c1-8(7-18)2-5-12(20)19-11-6-9(13(15,16)17)3-4-10(11)14/h3-4,6,8H,2,5,7,18H2,1H3,(H,19,20). The number of hydrogen-bond acceptors (Lipinski definition) is 2. The van der Waals surface area contributed by atoms with Gasteiger partial charge < -0.3 is 11.1 Å². The SMILES string of the molecule is CC(CN)CCC(=O)Nc1cc(C(F)(F)F)ccc1Br. The van der Waals surface area contributed by atoms with Gasteiger partial charge in [0, 0.05) is 10.9 Å². The van der Waals surface area contributed by atoms with Gasteiger partial charge in [0.15, 0.2) is 0 Å². The van der Waals surface area contributed by atoms with E-state index < -0.39 is 11.7 Å². The number of benzene rings is 1. The molecule has 0 radical (unpaired) electrons. The monoisotopic (exact) mass is 352 g/mol. The molecule has 0 aliphatic carbocycles. The molecule has 0 saturated heterocycles. The van der Waals surface area contributed by atoms with Crippen molar-refractivity contribution in [2.24, 2.45) is 11.7 Å². The van der Waals surface area contributed by atoms with Crippen LogP contribution in [0.5, 0.6) is 0 Å². The van der Waals surface area contributed by atoms with Crippen molar-refractivity contribution >= 4 is 27.5 Å². The molecule has 3 N–H and O–H groups in total. The zero-order valence-corrected chi connectivity index (χ0v) is 12.5. The lowest BCUT2D eigenvalue weighted by Gasteiger charge is -2.12. The van der Waals surface area contributed by atoms with Crippen LogP contribution in [0.2, 0.25) is 0 Å². The van der Waals surface area contributed by atoms with E-state index in [9.17, 15) is 18.0 Å². The molecule has 20 heavy (non-hydrogen) atoms. The lowest BCUT2D eigenvalue weighted by Crippen LogP contribution is -2.17. The number of nitrogens with one attached hydrogen (secondary N) is 1. The fourth-order valence-electron chi connectivity index (χ4n) is 1.51. The number of nitrogens with two attached hydrogens (primary N) is 1. The molecule has 0 aromatic heterocycles. The Hall–Kier alpha value is -1.08. The molecule has 1 aromatic rings. The van der Waals surface area contributed by atoms with Crippen molar-refractivity contribution < 1.29 is 18.0 Å². The van der Waals surface area contributed by atoms with Gasteiger partial charge in [-0.1, -0.05) is 6.92 Å². The molecule has 0 heterocycles. The summed E-state index contributed by atoms with van der Waals surface area (Å²) >= 11 is 3.12. The second-order valence-electron chi connectivity index (χ2n) is 4.62. The van der Waals surface area contributed by atoms with Crippen molar-refractivity contribution in [2.45, 2.75) is 25.9 Å². The summed E-state index contributed by atoms with van der Waals surface area (Å²) in [5.74, 6) is -0.129. The summed E-state index contributed by atoms with van der Waals surface area (Å²) in [6.07, 6.45) is -3.62. The van der Waals surface area contributed by atoms with E-state index in [0.29, 0.717) is 17.4 Å². The molecule has 0 fully saturated rings. The predicted molar refractivity (Wildman–Crippen MR) is 75.2 cm³/mol. The number of rotatable bonds is 5. The van der Waals surface area contributed by atoms with Crippen LogP contribution in [0.25, 0.3) is 0 Å². The first-order valence-corrected chi connectivity index (χ1v) is 6.90. The number of carbonyl (C=O) groups is 1. The quantitative estimate of drug-likeness (QED) is 0.847. The Morgan fingerprint density at radius 1 is 1.45 bits per heavy atom. The van der Waals surface area contributed by atoms with E-state index in [0.717, 1.165) is 12.1 Å². The topological polar surface area (TPSA) is 55.1 Å². The van der Waals surface area contributed by atoms with Crippen molar-refractivity contribution in [1.82, 2.24) is 0 Å². The van der Waals surface area contributed by atoms with Crippen LogP contribution in [0.4, 0.5) is 18.9 Å². The minimum atomic E-state index is -4.44. The second kappa shape index (κ2) is 7.08. The van der Waals surface area contributed by atoms with Gasteiger partial charge in [-0.2, -0.15) is 13.2 Å². The van der Waals surface area contributed by atoms with Crippen molar-refractivity contribution in [3.63, 3.8) is 0 Å². The molecule has 3 nitrogen and oxygen atoms in total. The van der Waals surface area contributed by atoms with Gasteiger partial charge in [0.1, 0.15) is 0 Å². The first-order valence-electron chi connectivity index (χ1n) is 6.10. The smallest absolute Gasteiger partial charge is 0.330 e. The first-order chi connectivity index (χ1) is 9.24. The maximum atomic E-state index is 12.6. The summed E-state index contributed by atoms with van der Waals surface area (Å²) in [5, 5.41) is 2.48. The zero-order valence-electron chi connectivity index (χ0n) is 10.9. The van der Waals surface area contributed by atoms with Crippen LogP contribution >= 0.6 is 15.9 Å². The summed E-state index contributed by atoms with van der Waals surface area (Å²) in [6, 6.07) is 3.13. The van der Waals surface area contributed by atoms with E-state index in [1.165, 1.54) is 6.07 Å². The lowest BCUT2D eigenvalue weighted by molar-refractivity contribution is -0.137. The number of alkyl halides is 3. The highest BCUT2D eigenvalue weighted by Gasteiger charge is 2.31. The summed E-state index contributed by atoms with van der Waals surface area (Å²) in [6.45, 7) is 2.38. The van der Waals surface area contributed by atoms with E-state index in [-0.39, 0.29) is 23.9 Å². The molecule has 0 spiro atoms. The normalized spacial score (nSPS) is 13.1. The van der Waals surface area contributed by atoms with E-state index in [2.05, 4.69) is 21.2 Å². The van der Waals surface area contributed by atoms with Gasteiger partial charge in [0.2, 0.25) is 5.91 Å². The molecule has 0 aliphatic rings. The predicted octanol–water partition coefficient (Wildman–Crippen LogP) is 3.78. The molecule has 7 heteroatoms. The Kier molecular flexibility index (Phi) is 6.01. The third-order valence-electron chi connectivity index (χ3n) is 2.83. The molecule has 1 unspecified atom stereocenters. The minimum absolute atomic E-state index is 0.116. The van der Waals surface area contributed by atoms with Crippen LogP contribution < -0.4 is 11.1 Å². The third kappa shape index (κ3) is 5.13. The molecule has 1 aromatic carbocycles. The Morgan fingerprint density at radius 3 is 2.65 bits per heavy atom. The average molecular weight is 353 g/mol. The molecular weight excluding hydrogens is 337 g/mol. The number of hydrogen-bond donors (Lipinski definition) is 2. The van der Waals surface area contributed by atoms with Gasteiger partial charge in [-0.25, -0.2) is 0 Å². The van der Waals surface area contributed by atoms with Crippen LogP contribution in [0.3, 0.4) is 0 Å². The van der Waals surface area contributed by atoms with E-state index in [1.54, 1.807) is 0 Å². The lowest BCUT2D eigenvalue weighted by atomic mass is 10.1. The van der Waals surface area contributed by atoms with Crippen LogP contribution in [0.1, 0.15) is 25.3 Å². The maximum Gasteiger partial charge on any atom is 0.416 e. The molecule has 0 aliphatic heterocycles. The number of halogens is 4. The molecule has 1 amide bonds. The van der Waals surface area contributed by atoms with Gasteiger partial charge >= 0.3 is 6.18 Å². The summed E-state index contributed by atoms with van der Waals surface area (Å²) in [4.78, 5) is 11.7. The largest absolute Gasteiger partial charge is 0.416 e. The molecule has 1 rings (SSSR count). The third-order valence-corrected chi connectivity index (χ3v) is 3.53. The van der Waals surface area contributed by atoms with Crippen molar-refractivity contribution in [3.05, 3.63) is 28.2 Å². The Labute approximate surface area is 123 Å². The van der Waals surface area contributed by atoms with Crippen molar-refractivity contribution in [3.8, 4) is 0 Å². The van der Waals surface area contributed by atoms with Crippen LogP contribution in [-0.4, -0.2) is 12.5 Å². The fourth-order valence-corrected chi connectivity index (χ4v) is 1.85. The molecule has 1 atom stereocenters. The average Bonchev–Trinajstić information content (AvgIpc) is 2.37. The number of amides is 1. The van der Waals surface area contributed by atoms with Gasteiger partial charge in [-0.3, -0.25) is 4.79 Å². The van der Waals surface area contributed by atoms with E-state index in [4.69, 9.17) is 5.73 Å². The van der Waals surface area contributed by atoms with Crippen LogP contribution in [0.15, 0.2) is 22.7 Å². The fraction of sp³-hybridized carbons (Fsp3) is 0.462. The molecule has 112 valence electrons. The van der Waals surface area contributed by atoms with Gasteiger partial charge in [-0.05, 0) is 53.0 Å². The van der Waals surface area contributed by atoms with Gasteiger partial charge in [-0.15, -0.1) is 0 Å².